The lowest BCUT2D eigenvalue weighted by atomic mass is 9.92. The first-order valence-electron chi connectivity index (χ1n) is 6.13. The molecule has 6 nitrogen and oxygen atoms in total. The molecule has 1 saturated heterocycles. The number of nitrogens with one attached hydrogen (secondary N) is 2. The van der Waals surface area contributed by atoms with Crippen LogP contribution >= 0.6 is 0 Å². The fourth-order valence-corrected chi connectivity index (χ4v) is 3.29. The molecule has 1 atom stereocenters. The number of hydrogen-bond acceptors (Lipinski definition) is 5. The summed E-state index contributed by atoms with van der Waals surface area (Å²) >= 11 is 0. The van der Waals surface area contributed by atoms with Crippen LogP contribution in [0.15, 0.2) is 0 Å². The van der Waals surface area contributed by atoms with Crippen LogP contribution in [-0.2, 0) is 14.8 Å². The molecule has 0 radical (unpaired) electrons. The van der Waals surface area contributed by atoms with E-state index >= 15 is 0 Å². The van der Waals surface area contributed by atoms with Gasteiger partial charge < -0.3 is 10.1 Å². The topological polar surface area (TPSA) is 91.2 Å². The van der Waals surface area contributed by atoms with Crippen molar-refractivity contribution in [1.29, 1.82) is 5.26 Å². The van der Waals surface area contributed by atoms with Crippen molar-refractivity contribution >= 4 is 10.0 Å². The van der Waals surface area contributed by atoms with E-state index in [1.165, 1.54) is 0 Å². The minimum Gasteiger partial charge on any atom is -0.377 e. The van der Waals surface area contributed by atoms with Gasteiger partial charge >= 0.3 is 0 Å². The minimum atomic E-state index is -3.58. The molecule has 1 rings (SSSR count). The molecular weight excluding hydrogens is 254 g/mol. The third kappa shape index (κ3) is 3.65. The first-order chi connectivity index (χ1) is 8.49. The largest absolute Gasteiger partial charge is 0.377 e. The highest BCUT2D eigenvalue weighted by atomic mass is 32.2. The molecule has 7 heteroatoms. The van der Waals surface area contributed by atoms with E-state index in [0.717, 1.165) is 25.9 Å². The van der Waals surface area contributed by atoms with E-state index in [2.05, 4.69) is 10.0 Å². The minimum absolute atomic E-state index is 0.228. The lowest BCUT2D eigenvalue weighted by Gasteiger charge is -2.36. The van der Waals surface area contributed by atoms with Crippen LogP contribution < -0.4 is 10.0 Å². The summed E-state index contributed by atoms with van der Waals surface area (Å²) < 4.78 is 31.8. The molecule has 2 N–H and O–H groups in total. The fraction of sp³-hybridized carbons (Fsp3) is 0.909. The highest BCUT2D eigenvalue weighted by Crippen LogP contribution is 2.22. The number of rotatable bonds is 6. The number of hydrogen-bond donors (Lipinski definition) is 2. The van der Waals surface area contributed by atoms with Crippen LogP contribution in [0.1, 0.15) is 26.2 Å². The molecule has 1 aliphatic heterocycles. The van der Waals surface area contributed by atoms with Gasteiger partial charge in [0.15, 0.2) is 5.25 Å². The van der Waals surface area contributed by atoms with Crippen LogP contribution in [0.25, 0.3) is 0 Å². The molecule has 0 bridgehead atoms. The van der Waals surface area contributed by atoms with E-state index in [0.29, 0.717) is 0 Å². The van der Waals surface area contributed by atoms with E-state index in [1.807, 2.05) is 0 Å². The molecule has 1 aliphatic rings. The van der Waals surface area contributed by atoms with Crippen molar-refractivity contribution in [3.63, 3.8) is 0 Å². The van der Waals surface area contributed by atoms with Gasteiger partial charge in [-0.3, -0.25) is 0 Å². The normalized spacial score (nSPS) is 21.2. The highest BCUT2D eigenvalue weighted by molar-refractivity contribution is 7.90. The van der Waals surface area contributed by atoms with Gasteiger partial charge in [0.25, 0.3) is 0 Å². The van der Waals surface area contributed by atoms with E-state index in [-0.39, 0.29) is 13.0 Å². The number of methoxy groups -OCH3 is 1. The Morgan fingerprint density at radius 1 is 1.50 bits per heavy atom. The summed E-state index contributed by atoms with van der Waals surface area (Å²) in [6.07, 6.45) is 1.80. The van der Waals surface area contributed by atoms with Gasteiger partial charge in [0.2, 0.25) is 10.0 Å². The molecule has 0 aromatic carbocycles. The molecule has 0 aromatic rings. The summed E-state index contributed by atoms with van der Waals surface area (Å²) in [5, 5.41) is 11.0. The zero-order chi connectivity index (χ0) is 13.6. The average Bonchev–Trinajstić information content (AvgIpc) is 2.39. The van der Waals surface area contributed by atoms with Crippen molar-refractivity contribution in [3.8, 4) is 6.07 Å². The molecule has 1 heterocycles. The van der Waals surface area contributed by atoms with Crippen LogP contribution in [0.3, 0.4) is 0 Å². The standard InChI is InChI=1S/C11H21N3O3S/c1-3-10(8-12)18(15,16)14-9-11(17-2)4-6-13-7-5-11/h10,13-14H,3-7,9H2,1-2H3. The molecule has 1 unspecified atom stereocenters. The second-order valence-corrected chi connectivity index (χ2v) is 6.48. The molecule has 0 saturated carbocycles. The number of nitrogens with zero attached hydrogens (tertiary/aromatic N) is 1. The molecular formula is C11H21N3O3S. The predicted octanol–water partition coefficient (Wildman–Crippen LogP) is -0.0234. The van der Waals surface area contributed by atoms with Crippen LogP contribution in [0.4, 0.5) is 0 Å². The number of nitriles is 1. The first kappa shape index (κ1) is 15.4. The Bertz CT molecular complexity index is 396. The van der Waals surface area contributed by atoms with Gasteiger partial charge in [0.05, 0.1) is 11.7 Å². The number of piperidine rings is 1. The lowest BCUT2D eigenvalue weighted by Crippen LogP contribution is -2.52. The van der Waals surface area contributed by atoms with Crippen molar-refractivity contribution in [2.24, 2.45) is 0 Å². The molecule has 18 heavy (non-hydrogen) atoms. The first-order valence-corrected chi connectivity index (χ1v) is 7.68. The second kappa shape index (κ2) is 6.48. The molecule has 0 aliphatic carbocycles. The predicted molar refractivity (Wildman–Crippen MR) is 68.5 cm³/mol. The van der Waals surface area contributed by atoms with E-state index in [1.54, 1.807) is 20.1 Å². The van der Waals surface area contributed by atoms with Gasteiger partial charge in [-0.2, -0.15) is 5.26 Å². The summed E-state index contributed by atoms with van der Waals surface area (Å²) in [7, 11) is -1.98. The SMILES string of the molecule is CCC(C#N)S(=O)(=O)NCC1(OC)CCNCC1. The monoisotopic (exact) mass is 275 g/mol. The Morgan fingerprint density at radius 3 is 2.56 bits per heavy atom. The van der Waals surface area contributed by atoms with E-state index < -0.39 is 20.9 Å². The van der Waals surface area contributed by atoms with Crippen molar-refractivity contribution in [2.45, 2.75) is 37.0 Å². The summed E-state index contributed by atoms with van der Waals surface area (Å²) in [4.78, 5) is 0. The Balaban J connectivity index is 2.65. The molecule has 0 aromatic heterocycles. The summed E-state index contributed by atoms with van der Waals surface area (Å²) in [5.74, 6) is 0. The summed E-state index contributed by atoms with van der Waals surface area (Å²) in [6, 6.07) is 1.81. The van der Waals surface area contributed by atoms with Crippen molar-refractivity contribution in [3.05, 3.63) is 0 Å². The number of sulfonamides is 1. The van der Waals surface area contributed by atoms with Gasteiger partial charge in [0.1, 0.15) is 0 Å². The Labute approximate surface area is 109 Å². The summed E-state index contributed by atoms with van der Waals surface area (Å²) in [5.41, 5.74) is -0.452. The molecule has 1 fully saturated rings. The lowest BCUT2D eigenvalue weighted by molar-refractivity contribution is -0.0287. The van der Waals surface area contributed by atoms with Gasteiger partial charge in [0, 0.05) is 13.7 Å². The Kier molecular flexibility index (Phi) is 5.53. The zero-order valence-electron chi connectivity index (χ0n) is 10.9. The van der Waals surface area contributed by atoms with Gasteiger partial charge in [-0.1, -0.05) is 6.92 Å². The van der Waals surface area contributed by atoms with Gasteiger partial charge in [-0.05, 0) is 32.4 Å². The Morgan fingerprint density at radius 2 is 2.11 bits per heavy atom. The second-order valence-electron chi connectivity index (χ2n) is 4.53. The maximum atomic E-state index is 11.9. The smallest absolute Gasteiger partial charge is 0.228 e. The van der Waals surface area contributed by atoms with Crippen LogP contribution in [0.5, 0.6) is 0 Å². The van der Waals surface area contributed by atoms with Gasteiger partial charge in [-0.15, -0.1) is 0 Å². The maximum absolute atomic E-state index is 11.9. The third-order valence-corrected chi connectivity index (χ3v) is 5.17. The van der Waals surface area contributed by atoms with E-state index in [9.17, 15) is 8.42 Å². The average molecular weight is 275 g/mol. The van der Waals surface area contributed by atoms with Crippen LogP contribution in [0.2, 0.25) is 0 Å². The van der Waals surface area contributed by atoms with Crippen molar-refractivity contribution in [1.82, 2.24) is 10.0 Å². The van der Waals surface area contributed by atoms with E-state index in [4.69, 9.17) is 10.00 Å². The van der Waals surface area contributed by atoms with Crippen LogP contribution in [0, 0.1) is 11.3 Å². The fourth-order valence-electron chi connectivity index (χ4n) is 2.05. The zero-order valence-corrected chi connectivity index (χ0v) is 11.7. The van der Waals surface area contributed by atoms with Gasteiger partial charge in [-0.25, -0.2) is 13.1 Å². The Hall–Kier alpha value is -0.680. The van der Waals surface area contributed by atoms with Crippen LogP contribution in [-0.4, -0.2) is 46.0 Å². The maximum Gasteiger partial charge on any atom is 0.228 e. The molecule has 0 spiro atoms. The molecule has 0 amide bonds. The third-order valence-electron chi connectivity index (χ3n) is 3.43. The molecule has 104 valence electrons. The summed E-state index contributed by atoms with van der Waals surface area (Å²) in [6.45, 7) is 3.53. The highest BCUT2D eigenvalue weighted by Gasteiger charge is 2.34. The number of ether oxygens (including phenoxy) is 1. The quantitative estimate of drug-likeness (QED) is 0.710. The van der Waals surface area contributed by atoms with Crippen molar-refractivity contribution in [2.75, 3.05) is 26.7 Å². The van der Waals surface area contributed by atoms with Crippen molar-refractivity contribution < 1.29 is 13.2 Å².